The summed E-state index contributed by atoms with van der Waals surface area (Å²) in [6.45, 7) is 2.15. The fraction of sp³-hybridized carbons (Fsp3) is 0.261. The standard InChI is InChI=1S/C23H22N4O4/c1-15-13-23(27-22(30)24(2)21(29)25(27)14-15)19(16-7-5-4-6-8-16)26(20(23)28)17-9-11-18(31-3)12-10-17/h4-13,19H,14H2,1-3H3/t19-,23-/m1/s1. The molecule has 1 saturated heterocycles. The fourth-order valence-electron chi connectivity index (χ4n) is 4.75. The zero-order valence-corrected chi connectivity index (χ0v) is 17.5. The first-order valence-electron chi connectivity index (χ1n) is 10.0. The van der Waals surface area contributed by atoms with Crippen molar-refractivity contribution < 1.29 is 9.53 Å². The average Bonchev–Trinajstić information content (AvgIpc) is 3.01. The minimum atomic E-state index is -1.30. The van der Waals surface area contributed by atoms with Crippen molar-refractivity contribution in [3.05, 3.63) is 92.8 Å². The van der Waals surface area contributed by atoms with E-state index in [0.717, 1.165) is 15.7 Å². The van der Waals surface area contributed by atoms with Gasteiger partial charge in [0.2, 0.25) is 0 Å². The van der Waals surface area contributed by atoms with Crippen LogP contribution in [0, 0.1) is 0 Å². The smallest absolute Gasteiger partial charge is 0.348 e. The normalized spacial score (nSPS) is 22.2. The van der Waals surface area contributed by atoms with Crippen LogP contribution < -0.4 is 21.0 Å². The molecule has 2 aliphatic rings. The number of nitrogens with zero attached hydrogens (tertiary/aromatic N) is 4. The second kappa shape index (κ2) is 6.60. The van der Waals surface area contributed by atoms with Crippen LogP contribution >= 0.6 is 0 Å². The molecule has 2 aromatic carbocycles. The molecule has 3 heterocycles. The van der Waals surface area contributed by atoms with Crippen molar-refractivity contribution in [2.45, 2.75) is 25.0 Å². The molecule has 3 aromatic rings. The molecule has 0 radical (unpaired) electrons. The number of rotatable bonds is 3. The SMILES string of the molecule is COc1ccc(N2C(=O)[C@@]3(C=C(C)Cn4c(=O)n(C)c(=O)n43)[C@H]2c2ccccc2)cc1. The molecule has 1 fully saturated rings. The maximum atomic E-state index is 13.8. The van der Waals surface area contributed by atoms with Crippen molar-refractivity contribution in [3.63, 3.8) is 0 Å². The molecule has 0 saturated carbocycles. The van der Waals surface area contributed by atoms with Crippen LogP contribution in [-0.4, -0.2) is 26.9 Å². The van der Waals surface area contributed by atoms with Crippen molar-refractivity contribution >= 4 is 11.6 Å². The highest BCUT2D eigenvalue weighted by atomic mass is 16.5. The lowest BCUT2D eigenvalue weighted by Crippen LogP contribution is -2.72. The molecule has 0 aliphatic carbocycles. The van der Waals surface area contributed by atoms with Crippen molar-refractivity contribution in [1.82, 2.24) is 13.9 Å². The quantitative estimate of drug-likeness (QED) is 0.480. The van der Waals surface area contributed by atoms with Crippen LogP contribution in [0.3, 0.4) is 0 Å². The minimum Gasteiger partial charge on any atom is -0.497 e. The largest absolute Gasteiger partial charge is 0.497 e. The molecule has 2 atom stereocenters. The Labute approximate surface area is 178 Å². The lowest BCUT2D eigenvalue weighted by Gasteiger charge is -2.56. The Hall–Kier alpha value is -3.81. The average molecular weight is 418 g/mol. The van der Waals surface area contributed by atoms with Crippen LogP contribution in [0.2, 0.25) is 0 Å². The van der Waals surface area contributed by atoms with E-state index in [1.54, 1.807) is 24.1 Å². The highest BCUT2D eigenvalue weighted by molar-refractivity contribution is 6.09. The topological polar surface area (TPSA) is 78.5 Å². The summed E-state index contributed by atoms with van der Waals surface area (Å²) in [7, 11) is 3.02. The summed E-state index contributed by atoms with van der Waals surface area (Å²) >= 11 is 0. The van der Waals surface area contributed by atoms with Gasteiger partial charge in [0, 0.05) is 12.7 Å². The number of aromatic nitrogens is 3. The number of anilines is 1. The number of carbonyl (C=O) groups excluding carboxylic acids is 1. The van der Waals surface area contributed by atoms with Crippen molar-refractivity contribution in [2.75, 3.05) is 12.0 Å². The molecule has 5 rings (SSSR count). The molecule has 8 heteroatoms. The summed E-state index contributed by atoms with van der Waals surface area (Å²) in [6.07, 6.45) is 1.84. The zero-order valence-electron chi connectivity index (χ0n) is 17.5. The Morgan fingerprint density at radius 3 is 2.29 bits per heavy atom. The van der Waals surface area contributed by atoms with Gasteiger partial charge in [-0.3, -0.25) is 9.69 Å². The summed E-state index contributed by atoms with van der Waals surface area (Å²) in [6, 6.07) is 16.3. The van der Waals surface area contributed by atoms with Crippen LogP contribution in [0.25, 0.3) is 0 Å². The van der Waals surface area contributed by atoms with Crippen molar-refractivity contribution in [1.29, 1.82) is 0 Å². The maximum absolute atomic E-state index is 13.8. The summed E-state index contributed by atoms with van der Waals surface area (Å²) in [4.78, 5) is 41.3. The second-order valence-electron chi connectivity index (χ2n) is 8.00. The number of hydrogen-bond donors (Lipinski definition) is 0. The van der Waals surface area contributed by atoms with Gasteiger partial charge in [-0.15, -0.1) is 0 Å². The van der Waals surface area contributed by atoms with E-state index in [-0.39, 0.29) is 12.5 Å². The van der Waals surface area contributed by atoms with Gasteiger partial charge in [0.05, 0.1) is 13.7 Å². The Morgan fingerprint density at radius 1 is 0.968 bits per heavy atom. The second-order valence-corrected chi connectivity index (χ2v) is 8.00. The fourth-order valence-corrected chi connectivity index (χ4v) is 4.75. The summed E-state index contributed by atoms with van der Waals surface area (Å²) in [5.41, 5.74) is 0.188. The number of methoxy groups -OCH3 is 1. The molecule has 1 amide bonds. The summed E-state index contributed by atoms with van der Waals surface area (Å²) in [5, 5.41) is 0. The van der Waals surface area contributed by atoms with E-state index in [1.807, 2.05) is 55.5 Å². The van der Waals surface area contributed by atoms with Gasteiger partial charge in [0.25, 0.3) is 5.91 Å². The van der Waals surface area contributed by atoms with E-state index in [4.69, 9.17) is 4.74 Å². The number of carbonyl (C=O) groups is 1. The first-order valence-corrected chi connectivity index (χ1v) is 10.0. The molecule has 0 bridgehead atoms. The Kier molecular flexibility index (Phi) is 4.08. The third-order valence-corrected chi connectivity index (χ3v) is 6.14. The molecular weight excluding hydrogens is 396 g/mol. The number of β-lactam (4-membered cyclic amide) rings is 1. The van der Waals surface area contributed by atoms with E-state index >= 15 is 0 Å². The van der Waals surface area contributed by atoms with Crippen LogP contribution in [0.15, 0.2) is 75.8 Å². The molecule has 31 heavy (non-hydrogen) atoms. The van der Waals surface area contributed by atoms with Gasteiger partial charge in [-0.1, -0.05) is 35.9 Å². The van der Waals surface area contributed by atoms with E-state index in [2.05, 4.69) is 0 Å². The zero-order chi connectivity index (χ0) is 21.9. The van der Waals surface area contributed by atoms with E-state index in [0.29, 0.717) is 11.4 Å². The van der Waals surface area contributed by atoms with Gasteiger partial charge in [-0.2, -0.15) is 0 Å². The summed E-state index contributed by atoms with van der Waals surface area (Å²) < 4.78 is 9.00. The number of ether oxygens (including phenoxy) is 1. The van der Waals surface area contributed by atoms with Crippen LogP contribution in [0.1, 0.15) is 18.5 Å². The molecule has 0 unspecified atom stereocenters. The first kappa shape index (κ1) is 19.2. The van der Waals surface area contributed by atoms with Gasteiger partial charge < -0.3 is 4.74 Å². The molecule has 8 nitrogen and oxygen atoms in total. The lowest BCUT2D eigenvalue weighted by atomic mass is 9.73. The highest BCUT2D eigenvalue weighted by Gasteiger charge is 2.64. The highest BCUT2D eigenvalue weighted by Crippen LogP contribution is 2.52. The van der Waals surface area contributed by atoms with Gasteiger partial charge in [0.1, 0.15) is 11.8 Å². The van der Waals surface area contributed by atoms with Crippen LogP contribution in [0.4, 0.5) is 5.69 Å². The molecule has 0 N–H and O–H groups in total. The minimum absolute atomic E-state index is 0.257. The predicted octanol–water partition coefficient (Wildman–Crippen LogP) is 1.80. The number of hydrogen-bond acceptors (Lipinski definition) is 4. The van der Waals surface area contributed by atoms with Gasteiger partial charge in [0.15, 0.2) is 5.54 Å². The van der Waals surface area contributed by atoms with Gasteiger partial charge in [-0.25, -0.2) is 23.5 Å². The molecule has 158 valence electrons. The third-order valence-electron chi connectivity index (χ3n) is 6.14. The van der Waals surface area contributed by atoms with Crippen LogP contribution in [0.5, 0.6) is 5.75 Å². The molecule has 1 spiro atoms. The van der Waals surface area contributed by atoms with Crippen molar-refractivity contribution in [3.8, 4) is 5.75 Å². The Balaban J connectivity index is 1.77. The third kappa shape index (κ3) is 2.44. The van der Waals surface area contributed by atoms with Gasteiger partial charge >= 0.3 is 11.4 Å². The molecule has 1 aromatic heterocycles. The Morgan fingerprint density at radius 2 is 1.65 bits per heavy atom. The van der Waals surface area contributed by atoms with Crippen molar-refractivity contribution in [2.24, 2.45) is 7.05 Å². The van der Waals surface area contributed by atoms with E-state index in [9.17, 15) is 14.4 Å². The maximum Gasteiger partial charge on any atom is 0.348 e. The first-order chi connectivity index (χ1) is 14.9. The monoisotopic (exact) mass is 418 g/mol. The molecule has 2 aliphatic heterocycles. The summed E-state index contributed by atoms with van der Waals surface area (Å²) in [5.74, 6) is 0.427. The van der Waals surface area contributed by atoms with E-state index < -0.39 is 23.0 Å². The number of fused-ring (bicyclic) bond motifs is 2. The lowest BCUT2D eigenvalue weighted by molar-refractivity contribution is -0.136. The molecular formula is C23H22N4O4. The predicted molar refractivity (Wildman–Crippen MR) is 115 cm³/mol. The van der Waals surface area contributed by atoms with Crippen LogP contribution in [-0.2, 0) is 23.9 Å². The van der Waals surface area contributed by atoms with Gasteiger partial charge in [-0.05, 0) is 42.8 Å². The number of amides is 1. The Bertz CT molecular complexity index is 1330. The van der Waals surface area contributed by atoms with E-state index in [1.165, 1.54) is 16.4 Å². The number of benzene rings is 2. The number of allylic oxidation sites excluding steroid dienone is 1.